The summed E-state index contributed by atoms with van der Waals surface area (Å²) in [6, 6.07) is 1.67. The minimum Gasteiger partial charge on any atom is -0.393 e. The molecule has 0 aliphatic carbocycles. The van der Waals surface area contributed by atoms with Crippen LogP contribution in [0.15, 0.2) is 12.3 Å². The van der Waals surface area contributed by atoms with Crippen LogP contribution >= 0.6 is 0 Å². The van der Waals surface area contributed by atoms with Crippen LogP contribution in [0.1, 0.15) is 11.8 Å². The lowest BCUT2D eigenvalue weighted by Crippen LogP contribution is -2.08. The van der Waals surface area contributed by atoms with Crippen molar-refractivity contribution in [3.8, 4) is 0 Å². The van der Waals surface area contributed by atoms with E-state index in [1.165, 1.54) is 4.68 Å². The van der Waals surface area contributed by atoms with Gasteiger partial charge in [-0.05, 0) is 6.07 Å². The van der Waals surface area contributed by atoms with Gasteiger partial charge in [0.25, 0.3) is 0 Å². The van der Waals surface area contributed by atoms with Gasteiger partial charge in [-0.25, -0.2) is 0 Å². The van der Waals surface area contributed by atoms with Gasteiger partial charge in [-0.3, -0.25) is 4.68 Å². The van der Waals surface area contributed by atoms with Gasteiger partial charge in [0.2, 0.25) is 0 Å². The maximum absolute atomic E-state index is 9.09. The van der Waals surface area contributed by atoms with Crippen molar-refractivity contribution >= 4 is 0 Å². The normalized spacial score (nSPS) is 13.5. The zero-order chi connectivity index (χ0) is 7.56. The summed E-state index contributed by atoms with van der Waals surface area (Å²) in [5.74, 6) is 0. The van der Waals surface area contributed by atoms with E-state index in [9.17, 15) is 0 Å². The molecule has 56 valence electrons. The first kappa shape index (κ1) is 7.24. The summed E-state index contributed by atoms with van der Waals surface area (Å²) in [5, 5.41) is 21.5. The number of aliphatic hydroxyl groups is 2. The van der Waals surface area contributed by atoms with Gasteiger partial charge in [0.1, 0.15) is 6.10 Å². The van der Waals surface area contributed by atoms with Gasteiger partial charge in [0.15, 0.2) is 0 Å². The van der Waals surface area contributed by atoms with Crippen LogP contribution in [0.4, 0.5) is 0 Å². The van der Waals surface area contributed by atoms with Crippen LogP contribution < -0.4 is 0 Å². The molecule has 1 unspecified atom stereocenters. The van der Waals surface area contributed by atoms with E-state index in [-0.39, 0.29) is 6.61 Å². The summed E-state index contributed by atoms with van der Waals surface area (Å²) in [4.78, 5) is 0. The molecule has 0 saturated carbocycles. The quantitative estimate of drug-likeness (QED) is 0.582. The molecule has 0 amide bonds. The lowest BCUT2D eigenvalue weighted by atomic mass is 10.3. The Labute approximate surface area is 58.7 Å². The van der Waals surface area contributed by atoms with Crippen LogP contribution in [0.5, 0.6) is 0 Å². The van der Waals surface area contributed by atoms with E-state index >= 15 is 0 Å². The van der Waals surface area contributed by atoms with E-state index in [1.54, 1.807) is 19.3 Å². The summed E-state index contributed by atoms with van der Waals surface area (Å²) >= 11 is 0. The minimum absolute atomic E-state index is 0.264. The lowest BCUT2D eigenvalue weighted by Gasteiger charge is -2.05. The third-order valence-electron chi connectivity index (χ3n) is 1.37. The zero-order valence-corrected chi connectivity index (χ0v) is 5.73. The molecule has 0 aromatic carbocycles. The zero-order valence-electron chi connectivity index (χ0n) is 5.73. The van der Waals surface area contributed by atoms with Gasteiger partial charge in [-0.1, -0.05) is 0 Å². The number of nitrogens with zero attached hydrogens (tertiary/aromatic N) is 2. The lowest BCUT2D eigenvalue weighted by molar-refractivity contribution is 0.0891. The Hall–Kier alpha value is -0.870. The molecule has 0 fully saturated rings. The molecule has 2 N–H and O–H groups in total. The molecule has 1 aromatic heterocycles. The summed E-state index contributed by atoms with van der Waals surface area (Å²) in [6.07, 6.45) is 0.765. The second-order valence-electron chi connectivity index (χ2n) is 2.08. The Morgan fingerprint density at radius 2 is 2.50 bits per heavy atom. The molecule has 0 spiro atoms. The van der Waals surface area contributed by atoms with Crippen LogP contribution in [0.25, 0.3) is 0 Å². The molecule has 0 bridgehead atoms. The highest BCUT2D eigenvalue weighted by Crippen LogP contribution is 2.08. The molecule has 1 atom stereocenters. The van der Waals surface area contributed by atoms with Gasteiger partial charge >= 0.3 is 0 Å². The highest BCUT2D eigenvalue weighted by Gasteiger charge is 2.08. The van der Waals surface area contributed by atoms with Crippen molar-refractivity contribution in [3.63, 3.8) is 0 Å². The number of rotatable bonds is 2. The van der Waals surface area contributed by atoms with Crippen LogP contribution in [0.2, 0.25) is 0 Å². The molecule has 4 heteroatoms. The molecule has 1 aromatic rings. The van der Waals surface area contributed by atoms with E-state index in [1.807, 2.05) is 0 Å². The fourth-order valence-electron chi connectivity index (χ4n) is 0.805. The van der Waals surface area contributed by atoms with Crippen molar-refractivity contribution in [1.82, 2.24) is 9.78 Å². The molecular weight excluding hydrogens is 132 g/mol. The minimum atomic E-state index is -0.813. The summed E-state index contributed by atoms with van der Waals surface area (Å²) < 4.78 is 1.53. The number of aromatic nitrogens is 2. The SMILES string of the molecule is Cn1nccc1C(O)CO. The van der Waals surface area contributed by atoms with Gasteiger partial charge in [0.05, 0.1) is 12.3 Å². The van der Waals surface area contributed by atoms with Crippen molar-refractivity contribution in [2.45, 2.75) is 6.10 Å². The molecular formula is C6H10N2O2. The van der Waals surface area contributed by atoms with Crippen molar-refractivity contribution in [2.24, 2.45) is 7.05 Å². The summed E-state index contributed by atoms with van der Waals surface area (Å²) in [6.45, 7) is -0.264. The third kappa shape index (κ3) is 1.17. The number of hydrogen-bond acceptors (Lipinski definition) is 3. The fourth-order valence-corrected chi connectivity index (χ4v) is 0.805. The monoisotopic (exact) mass is 142 g/mol. The Bertz CT molecular complexity index is 209. The van der Waals surface area contributed by atoms with Gasteiger partial charge < -0.3 is 10.2 Å². The van der Waals surface area contributed by atoms with Crippen molar-refractivity contribution in [1.29, 1.82) is 0 Å². The van der Waals surface area contributed by atoms with Crippen LogP contribution in [-0.2, 0) is 7.05 Å². The van der Waals surface area contributed by atoms with E-state index in [2.05, 4.69) is 5.10 Å². The summed E-state index contributed by atoms with van der Waals surface area (Å²) in [7, 11) is 1.72. The van der Waals surface area contributed by atoms with Crippen LogP contribution in [0, 0.1) is 0 Å². The van der Waals surface area contributed by atoms with E-state index in [0.717, 1.165) is 0 Å². The first-order valence-electron chi connectivity index (χ1n) is 3.02. The first-order chi connectivity index (χ1) is 4.75. The van der Waals surface area contributed by atoms with Gasteiger partial charge in [-0.2, -0.15) is 5.10 Å². The van der Waals surface area contributed by atoms with Crippen molar-refractivity contribution in [3.05, 3.63) is 18.0 Å². The molecule has 10 heavy (non-hydrogen) atoms. The molecule has 4 nitrogen and oxygen atoms in total. The highest BCUT2D eigenvalue weighted by molar-refractivity contribution is 5.03. The molecule has 0 aliphatic rings. The second-order valence-corrected chi connectivity index (χ2v) is 2.08. The first-order valence-corrected chi connectivity index (χ1v) is 3.02. The molecule has 0 saturated heterocycles. The molecule has 1 rings (SSSR count). The van der Waals surface area contributed by atoms with E-state index in [4.69, 9.17) is 10.2 Å². The topological polar surface area (TPSA) is 58.3 Å². The maximum Gasteiger partial charge on any atom is 0.119 e. The number of aryl methyl sites for hydroxylation is 1. The predicted octanol–water partition coefficient (Wildman–Crippen LogP) is -0.554. The third-order valence-corrected chi connectivity index (χ3v) is 1.37. The van der Waals surface area contributed by atoms with Gasteiger partial charge in [-0.15, -0.1) is 0 Å². The molecule has 1 heterocycles. The van der Waals surface area contributed by atoms with Crippen LogP contribution in [-0.4, -0.2) is 26.6 Å². The fraction of sp³-hybridized carbons (Fsp3) is 0.500. The van der Waals surface area contributed by atoms with E-state index < -0.39 is 6.10 Å². The van der Waals surface area contributed by atoms with Crippen molar-refractivity contribution < 1.29 is 10.2 Å². The predicted molar refractivity (Wildman–Crippen MR) is 35.3 cm³/mol. The average molecular weight is 142 g/mol. The summed E-state index contributed by atoms with van der Waals surface area (Å²) in [5.41, 5.74) is 0.627. The highest BCUT2D eigenvalue weighted by atomic mass is 16.3. The van der Waals surface area contributed by atoms with Crippen molar-refractivity contribution in [2.75, 3.05) is 6.61 Å². The van der Waals surface area contributed by atoms with Gasteiger partial charge in [0, 0.05) is 13.2 Å². The number of hydrogen-bond donors (Lipinski definition) is 2. The maximum atomic E-state index is 9.09. The Balaban J connectivity index is 2.82. The number of aliphatic hydroxyl groups excluding tert-OH is 2. The van der Waals surface area contributed by atoms with E-state index in [0.29, 0.717) is 5.69 Å². The average Bonchev–Trinajstić information content (AvgIpc) is 2.34. The van der Waals surface area contributed by atoms with Crippen LogP contribution in [0.3, 0.4) is 0 Å². The second kappa shape index (κ2) is 2.81. The standard InChI is InChI=1S/C6H10N2O2/c1-8-5(2-3-7-8)6(10)4-9/h2-3,6,9-10H,4H2,1H3. The Kier molecular flexibility index (Phi) is 2.03. The Morgan fingerprint density at radius 3 is 2.90 bits per heavy atom. The Morgan fingerprint density at radius 1 is 1.80 bits per heavy atom. The largest absolute Gasteiger partial charge is 0.393 e. The smallest absolute Gasteiger partial charge is 0.119 e. The molecule has 0 aliphatic heterocycles. The molecule has 0 radical (unpaired) electrons.